The summed E-state index contributed by atoms with van der Waals surface area (Å²) in [4.78, 5) is 0.178. The lowest BCUT2D eigenvalue weighted by molar-refractivity contribution is 0.221. The standard InChI is InChI=1S/C29H28FN5O3S/c1-21-14-28-22(16-32-35(28)24-10-8-23(30)9-11-24)15-27(21)29(20-38-25-6-4-3-5-7-25)12-13-34(19-29)39(36,37)26-17-31-33(2)18-26/h3-11,14-18H,12-13,19-20H2,1-2H3. The Labute approximate surface area is 226 Å². The summed E-state index contributed by atoms with van der Waals surface area (Å²) in [6.07, 6.45) is 5.29. The van der Waals surface area contributed by atoms with Gasteiger partial charge in [-0.1, -0.05) is 18.2 Å². The molecule has 5 aromatic rings. The van der Waals surface area contributed by atoms with E-state index in [9.17, 15) is 12.8 Å². The monoisotopic (exact) mass is 545 g/mol. The van der Waals surface area contributed by atoms with Crippen LogP contribution in [0.2, 0.25) is 0 Å². The van der Waals surface area contributed by atoms with Gasteiger partial charge in [0.05, 0.1) is 30.2 Å². The number of hydrogen-bond donors (Lipinski definition) is 0. The molecule has 1 atom stereocenters. The summed E-state index contributed by atoms with van der Waals surface area (Å²) < 4.78 is 51.6. The van der Waals surface area contributed by atoms with Crippen LogP contribution in [0.3, 0.4) is 0 Å². The van der Waals surface area contributed by atoms with Crippen molar-refractivity contribution in [1.82, 2.24) is 23.9 Å². The number of halogens is 1. The number of aromatic nitrogens is 4. The normalized spacial score (nSPS) is 18.1. The summed E-state index contributed by atoms with van der Waals surface area (Å²) in [5, 5.41) is 9.54. The first-order valence-electron chi connectivity index (χ1n) is 12.7. The second-order valence-electron chi connectivity index (χ2n) is 10.1. The fourth-order valence-electron chi connectivity index (χ4n) is 5.41. The van der Waals surface area contributed by atoms with Gasteiger partial charge < -0.3 is 4.74 Å². The maximum atomic E-state index is 13.5. The van der Waals surface area contributed by atoms with Crippen LogP contribution in [-0.4, -0.2) is 52.0 Å². The SMILES string of the molecule is Cc1cc2c(cnn2-c2ccc(F)cc2)cc1C1(COc2ccccc2)CCN(S(=O)(=O)c2cnn(C)c2)C1. The van der Waals surface area contributed by atoms with Crippen LogP contribution in [0.5, 0.6) is 5.75 Å². The van der Waals surface area contributed by atoms with Crippen LogP contribution < -0.4 is 4.74 Å². The molecule has 10 heteroatoms. The van der Waals surface area contributed by atoms with E-state index in [1.165, 1.54) is 33.5 Å². The molecule has 0 aliphatic carbocycles. The molecule has 3 heterocycles. The maximum Gasteiger partial charge on any atom is 0.246 e. The van der Waals surface area contributed by atoms with Crippen molar-refractivity contribution >= 4 is 20.9 Å². The van der Waals surface area contributed by atoms with E-state index >= 15 is 0 Å². The van der Waals surface area contributed by atoms with E-state index < -0.39 is 15.4 Å². The van der Waals surface area contributed by atoms with Gasteiger partial charge in [0.2, 0.25) is 10.0 Å². The van der Waals surface area contributed by atoms with Crippen molar-refractivity contribution in [3.05, 3.63) is 102 Å². The molecular formula is C29H28FN5O3S. The first-order valence-corrected chi connectivity index (χ1v) is 14.1. The third-order valence-electron chi connectivity index (χ3n) is 7.45. The Morgan fingerprint density at radius 3 is 2.51 bits per heavy atom. The smallest absolute Gasteiger partial charge is 0.246 e. The highest BCUT2D eigenvalue weighted by Gasteiger charge is 2.46. The predicted molar refractivity (Wildman–Crippen MR) is 146 cm³/mol. The number of rotatable bonds is 7. The highest BCUT2D eigenvalue weighted by atomic mass is 32.2. The molecule has 0 spiro atoms. The molecule has 3 aromatic carbocycles. The fourth-order valence-corrected chi connectivity index (χ4v) is 6.93. The van der Waals surface area contributed by atoms with E-state index in [1.807, 2.05) is 37.3 Å². The average Bonchev–Trinajstić information content (AvgIpc) is 3.67. The van der Waals surface area contributed by atoms with Crippen molar-refractivity contribution in [3.63, 3.8) is 0 Å². The van der Waals surface area contributed by atoms with Gasteiger partial charge in [0.15, 0.2) is 0 Å². The minimum atomic E-state index is -3.72. The van der Waals surface area contributed by atoms with Gasteiger partial charge in [0.25, 0.3) is 0 Å². The van der Waals surface area contributed by atoms with E-state index in [0.717, 1.165) is 33.5 Å². The number of aryl methyl sites for hydroxylation is 2. The molecule has 2 aromatic heterocycles. The lowest BCUT2D eigenvalue weighted by Crippen LogP contribution is -2.39. The molecule has 39 heavy (non-hydrogen) atoms. The zero-order valence-electron chi connectivity index (χ0n) is 21.7. The fraction of sp³-hybridized carbons (Fsp3) is 0.241. The number of sulfonamides is 1. The van der Waals surface area contributed by atoms with Crippen LogP contribution in [0.25, 0.3) is 16.6 Å². The van der Waals surface area contributed by atoms with E-state index in [2.05, 4.69) is 22.3 Å². The van der Waals surface area contributed by atoms with Crippen molar-refractivity contribution < 1.29 is 17.5 Å². The lowest BCUT2D eigenvalue weighted by Gasteiger charge is -2.31. The molecule has 1 fully saturated rings. The third kappa shape index (κ3) is 4.59. The van der Waals surface area contributed by atoms with Crippen molar-refractivity contribution in [3.8, 4) is 11.4 Å². The Morgan fingerprint density at radius 2 is 1.79 bits per heavy atom. The second-order valence-corrected chi connectivity index (χ2v) is 12.0. The van der Waals surface area contributed by atoms with Crippen molar-refractivity contribution in [1.29, 1.82) is 0 Å². The molecule has 1 aliphatic heterocycles. The van der Waals surface area contributed by atoms with Gasteiger partial charge in [-0.15, -0.1) is 0 Å². The van der Waals surface area contributed by atoms with Crippen LogP contribution in [0, 0.1) is 12.7 Å². The van der Waals surface area contributed by atoms with Crippen LogP contribution in [0.4, 0.5) is 4.39 Å². The molecule has 0 N–H and O–H groups in total. The number of hydrogen-bond acceptors (Lipinski definition) is 5. The second kappa shape index (κ2) is 9.62. The number of para-hydroxylation sites is 1. The Balaban J connectivity index is 1.40. The molecule has 8 nitrogen and oxygen atoms in total. The quantitative estimate of drug-likeness (QED) is 0.298. The van der Waals surface area contributed by atoms with Gasteiger partial charge in [0, 0.05) is 37.1 Å². The van der Waals surface area contributed by atoms with Crippen LogP contribution >= 0.6 is 0 Å². The molecule has 0 radical (unpaired) electrons. The summed E-state index contributed by atoms with van der Waals surface area (Å²) in [6.45, 7) is 2.98. The first kappa shape index (κ1) is 25.3. The Morgan fingerprint density at radius 1 is 1.03 bits per heavy atom. The van der Waals surface area contributed by atoms with Crippen molar-refractivity contribution in [2.24, 2.45) is 7.05 Å². The molecule has 200 valence electrons. The van der Waals surface area contributed by atoms with Crippen LogP contribution in [0.15, 0.2) is 90.2 Å². The Hall–Kier alpha value is -4.02. The van der Waals surface area contributed by atoms with Gasteiger partial charge in [-0.05, 0) is 73.0 Å². The number of nitrogens with zero attached hydrogens (tertiary/aromatic N) is 5. The third-order valence-corrected chi connectivity index (χ3v) is 9.25. The molecule has 0 amide bonds. The van der Waals surface area contributed by atoms with E-state index in [0.29, 0.717) is 19.6 Å². The number of ether oxygens (including phenoxy) is 1. The van der Waals surface area contributed by atoms with Crippen molar-refractivity contribution in [2.75, 3.05) is 19.7 Å². The molecule has 1 aliphatic rings. The van der Waals surface area contributed by atoms with Gasteiger partial charge in [-0.2, -0.15) is 14.5 Å². The lowest BCUT2D eigenvalue weighted by atomic mass is 9.78. The van der Waals surface area contributed by atoms with Gasteiger partial charge in [0.1, 0.15) is 16.5 Å². The van der Waals surface area contributed by atoms with Crippen molar-refractivity contribution in [2.45, 2.75) is 23.7 Å². The van der Waals surface area contributed by atoms with E-state index in [-0.39, 0.29) is 17.3 Å². The summed E-state index contributed by atoms with van der Waals surface area (Å²) in [5.41, 5.74) is 3.09. The predicted octanol–water partition coefficient (Wildman–Crippen LogP) is 4.62. The van der Waals surface area contributed by atoms with Crippen LogP contribution in [0.1, 0.15) is 17.5 Å². The minimum Gasteiger partial charge on any atom is -0.493 e. The number of benzene rings is 3. The van der Waals surface area contributed by atoms with Gasteiger partial charge in [-0.25, -0.2) is 17.5 Å². The number of fused-ring (bicyclic) bond motifs is 1. The first-order chi connectivity index (χ1) is 18.7. The molecular weight excluding hydrogens is 517 g/mol. The molecule has 0 saturated carbocycles. The summed E-state index contributed by atoms with van der Waals surface area (Å²) in [5.74, 6) is 0.425. The van der Waals surface area contributed by atoms with Crippen LogP contribution in [-0.2, 0) is 22.5 Å². The minimum absolute atomic E-state index is 0.178. The Bertz CT molecular complexity index is 1750. The topological polar surface area (TPSA) is 82.2 Å². The summed E-state index contributed by atoms with van der Waals surface area (Å²) in [6, 6.07) is 19.9. The van der Waals surface area contributed by atoms with E-state index in [1.54, 1.807) is 30.1 Å². The maximum absolute atomic E-state index is 13.5. The van der Waals surface area contributed by atoms with Gasteiger partial charge >= 0.3 is 0 Å². The molecule has 0 bridgehead atoms. The largest absolute Gasteiger partial charge is 0.493 e. The molecule has 6 rings (SSSR count). The summed E-state index contributed by atoms with van der Waals surface area (Å²) >= 11 is 0. The highest BCUT2D eigenvalue weighted by Crippen LogP contribution is 2.41. The molecule has 1 unspecified atom stereocenters. The molecule has 1 saturated heterocycles. The highest BCUT2D eigenvalue weighted by molar-refractivity contribution is 7.89. The zero-order chi connectivity index (χ0) is 27.2. The summed E-state index contributed by atoms with van der Waals surface area (Å²) in [7, 11) is -2.02. The average molecular weight is 546 g/mol. The van der Waals surface area contributed by atoms with E-state index in [4.69, 9.17) is 4.74 Å². The Kier molecular flexibility index (Phi) is 6.23. The zero-order valence-corrected chi connectivity index (χ0v) is 22.5. The van der Waals surface area contributed by atoms with Gasteiger partial charge in [-0.3, -0.25) is 4.68 Å².